The molecule has 2 aliphatic carbocycles. The van der Waals surface area contributed by atoms with Crippen molar-refractivity contribution in [3.05, 3.63) is 70.8 Å². The maximum atomic E-state index is 12.6. The van der Waals surface area contributed by atoms with Crippen molar-refractivity contribution in [2.45, 2.75) is 44.9 Å². The molecule has 0 bridgehead atoms. The van der Waals surface area contributed by atoms with E-state index >= 15 is 0 Å². The van der Waals surface area contributed by atoms with Crippen LogP contribution in [0.1, 0.15) is 49.4 Å². The van der Waals surface area contributed by atoms with Crippen LogP contribution >= 0.6 is 0 Å². The minimum absolute atomic E-state index is 0.0550. The average Bonchev–Trinajstić information content (AvgIpc) is 3.61. The summed E-state index contributed by atoms with van der Waals surface area (Å²) in [5.41, 5.74) is 3.89. The highest BCUT2D eigenvalue weighted by Gasteiger charge is 2.91. The van der Waals surface area contributed by atoms with Gasteiger partial charge in [-0.15, -0.1) is 0 Å². The highest BCUT2D eigenvalue weighted by Crippen LogP contribution is 2.86. The standard InChI is InChI=1S/C26H30O4/c1-16-7-9-18(10-8-16)25(19-13-11-17(12-14-19)24(2,3)4)15-26(25)20(22(27)29-5)21(26)23(28)30-6/h7-14,20-21H,15H2,1-6H3/t20-,21-,25?/m0/s1. The van der Waals surface area contributed by atoms with Crippen molar-refractivity contribution in [2.75, 3.05) is 14.2 Å². The summed E-state index contributed by atoms with van der Waals surface area (Å²) in [4.78, 5) is 25.2. The number of esters is 2. The molecule has 1 unspecified atom stereocenters. The van der Waals surface area contributed by atoms with Gasteiger partial charge in [-0.3, -0.25) is 9.59 Å². The molecule has 3 atom stereocenters. The largest absolute Gasteiger partial charge is 0.469 e. The van der Waals surface area contributed by atoms with Crippen molar-refractivity contribution in [1.29, 1.82) is 0 Å². The predicted octanol–water partition coefficient (Wildman–Crippen LogP) is 4.56. The molecule has 2 fully saturated rings. The lowest BCUT2D eigenvalue weighted by atomic mass is 9.80. The number of carbonyl (C=O) groups is 2. The van der Waals surface area contributed by atoms with Crippen LogP contribution in [0, 0.1) is 24.2 Å². The van der Waals surface area contributed by atoms with E-state index in [-0.39, 0.29) is 17.4 Å². The molecule has 0 radical (unpaired) electrons. The molecule has 158 valence electrons. The summed E-state index contributed by atoms with van der Waals surface area (Å²) in [7, 11) is 2.77. The second kappa shape index (κ2) is 6.69. The van der Waals surface area contributed by atoms with E-state index < -0.39 is 22.7 Å². The van der Waals surface area contributed by atoms with Gasteiger partial charge in [0.15, 0.2) is 0 Å². The molecule has 1 spiro atoms. The Hall–Kier alpha value is -2.62. The summed E-state index contributed by atoms with van der Waals surface area (Å²) in [6.07, 6.45) is 0.734. The monoisotopic (exact) mass is 406 g/mol. The summed E-state index contributed by atoms with van der Waals surface area (Å²) in [6.45, 7) is 8.64. The summed E-state index contributed by atoms with van der Waals surface area (Å²) < 4.78 is 10.2. The molecule has 30 heavy (non-hydrogen) atoms. The molecule has 0 aliphatic heterocycles. The van der Waals surface area contributed by atoms with Gasteiger partial charge in [-0.05, 0) is 35.4 Å². The van der Waals surface area contributed by atoms with Crippen LogP contribution in [0.4, 0.5) is 0 Å². The Balaban J connectivity index is 1.85. The third kappa shape index (κ3) is 2.73. The van der Waals surface area contributed by atoms with E-state index in [2.05, 4.69) is 76.2 Å². The van der Waals surface area contributed by atoms with Gasteiger partial charge in [-0.1, -0.05) is 74.9 Å². The Kier molecular flexibility index (Phi) is 4.61. The van der Waals surface area contributed by atoms with Crippen molar-refractivity contribution in [2.24, 2.45) is 17.3 Å². The van der Waals surface area contributed by atoms with Crippen LogP contribution in [0.25, 0.3) is 0 Å². The van der Waals surface area contributed by atoms with Gasteiger partial charge in [0.05, 0.1) is 26.1 Å². The SMILES string of the molecule is COC(=O)[C@@H]1[C@@H](C(=O)OC)C12CC2(c1ccc(C)cc1)c1ccc(C(C)(C)C)cc1. The van der Waals surface area contributed by atoms with Crippen molar-refractivity contribution < 1.29 is 19.1 Å². The third-order valence-corrected chi connectivity index (χ3v) is 7.26. The number of hydrogen-bond acceptors (Lipinski definition) is 4. The normalized spacial score (nSPS) is 29.4. The number of hydrogen-bond donors (Lipinski definition) is 0. The van der Waals surface area contributed by atoms with Crippen LogP contribution in [0.5, 0.6) is 0 Å². The molecular formula is C26H30O4. The van der Waals surface area contributed by atoms with Gasteiger partial charge in [0.2, 0.25) is 0 Å². The molecule has 4 rings (SSSR count). The first-order chi connectivity index (χ1) is 14.1. The zero-order valence-corrected chi connectivity index (χ0v) is 18.6. The maximum absolute atomic E-state index is 12.6. The molecule has 0 N–H and O–H groups in total. The molecule has 0 aromatic heterocycles. The topological polar surface area (TPSA) is 52.6 Å². The Labute approximate surface area is 178 Å². The van der Waals surface area contributed by atoms with Crippen LogP contribution in [-0.4, -0.2) is 26.2 Å². The first-order valence-corrected chi connectivity index (χ1v) is 10.5. The van der Waals surface area contributed by atoms with Crippen molar-refractivity contribution >= 4 is 11.9 Å². The minimum atomic E-state index is -0.480. The van der Waals surface area contributed by atoms with E-state index in [1.807, 2.05) is 0 Å². The van der Waals surface area contributed by atoms with Crippen LogP contribution in [0.15, 0.2) is 48.5 Å². The van der Waals surface area contributed by atoms with Gasteiger partial charge in [0.1, 0.15) is 0 Å². The van der Waals surface area contributed by atoms with E-state index in [4.69, 9.17) is 9.47 Å². The van der Waals surface area contributed by atoms with E-state index in [0.29, 0.717) is 0 Å². The summed E-state index contributed by atoms with van der Waals surface area (Å²) in [5.74, 6) is -1.60. The first-order valence-electron chi connectivity index (χ1n) is 10.5. The van der Waals surface area contributed by atoms with Crippen LogP contribution < -0.4 is 0 Å². The molecule has 2 aromatic carbocycles. The van der Waals surface area contributed by atoms with Gasteiger partial charge < -0.3 is 9.47 Å². The molecule has 2 aliphatic rings. The van der Waals surface area contributed by atoms with Gasteiger partial charge >= 0.3 is 11.9 Å². The smallest absolute Gasteiger partial charge is 0.310 e. The van der Waals surface area contributed by atoms with Gasteiger partial charge in [0, 0.05) is 10.8 Å². The Morgan fingerprint density at radius 2 is 1.27 bits per heavy atom. The fraction of sp³-hybridized carbons (Fsp3) is 0.462. The maximum Gasteiger partial charge on any atom is 0.310 e. The summed E-state index contributed by atoms with van der Waals surface area (Å²) in [5, 5.41) is 0. The molecular weight excluding hydrogens is 376 g/mol. The van der Waals surface area contributed by atoms with Gasteiger partial charge in [-0.25, -0.2) is 0 Å². The lowest BCUT2D eigenvalue weighted by Crippen LogP contribution is -2.18. The third-order valence-electron chi connectivity index (χ3n) is 7.26. The lowest BCUT2D eigenvalue weighted by Gasteiger charge is -2.23. The fourth-order valence-electron chi connectivity index (χ4n) is 5.53. The molecule has 2 aromatic rings. The highest BCUT2D eigenvalue weighted by molar-refractivity contribution is 5.93. The lowest BCUT2D eigenvalue weighted by molar-refractivity contribution is -0.148. The second-order valence-corrected chi connectivity index (χ2v) is 9.82. The van der Waals surface area contributed by atoms with Gasteiger partial charge in [-0.2, -0.15) is 0 Å². The molecule has 0 amide bonds. The first kappa shape index (κ1) is 20.6. The predicted molar refractivity (Wildman–Crippen MR) is 115 cm³/mol. The van der Waals surface area contributed by atoms with Crippen molar-refractivity contribution in [1.82, 2.24) is 0 Å². The zero-order valence-electron chi connectivity index (χ0n) is 18.6. The Bertz CT molecular complexity index is 959. The average molecular weight is 407 g/mol. The van der Waals surface area contributed by atoms with Crippen molar-refractivity contribution in [3.8, 4) is 0 Å². The van der Waals surface area contributed by atoms with Crippen LogP contribution in [0.2, 0.25) is 0 Å². The molecule has 2 saturated carbocycles. The fourth-order valence-corrected chi connectivity index (χ4v) is 5.53. The number of rotatable bonds is 4. The van der Waals surface area contributed by atoms with E-state index in [9.17, 15) is 9.59 Å². The van der Waals surface area contributed by atoms with E-state index in [0.717, 1.165) is 17.5 Å². The molecule has 0 heterocycles. The Morgan fingerprint density at radius 3 is 1.67 bits per heavy atom. The van der Waals surface area contributed by atoms with Gasteiger partial charge in [0.25, 0.3) is 0 Å². The number of benzene rings is 2. The molecule has 4 nitrogen and oxygen atoms in total. The van der Waals surface area contributed by atoms with E-state index in [1.54, 1.807) is 0 Å². The summed E-state index contributed by atoms with van der Waals surface area (Å²) in [6, 6.07) is 17.1. The summed E-state index contributed by atoms with van der Waals surface area (Å²) >= 11 is 0. The number of ether oxygens (including phenoxy) is 2. The van der Waals surface area contributed by atoms with Crippen LogP contribution in [0.3, 0.4) is 0 Å². The van der Waals surface area contributed by atoms with E-state index in [1.165, 1.54) is 25.3 Å². The van der Waals surface area contributed by atoms with Crippen molar-refractivity contribution in [3.63, 3.8) is 0 Å². The Morgan fingerprint density at radius 1 is 0.833 bits per heavy atom. The zero-order chi connectivity index (χ0) is 21.9. The quantitative estimate of drug-likeness (QED) is 0.699. The highest BCUT2D eigenvalue weighted by atomic mass is 16.5. The number of carbonyl (C=O) groups excluding carboxylic acids is 2. The second-order valence-electron chi connectivity index (χ2n) is 9.82. The molecule has 0 saturated heterocycles. The van der Waals surface area contributed by atoms with Crippen LogP contribution in [-0.2, 0) is 29.9 Å². The number of methoxy groups -OCH3 is 2. The molecule has 4 heteroatoms. The minimum Gasteiger partial charge on any atom is -0.469 e. The number of aryl methyl sites for hydroxylation is 1.